The van der Waals surface area contributed by atoms with Crippen molar-refractivity contribution in [3.05, 3.63) is 12.2 Å². The maximum atomic E-state index is 5.74. The Bertz CT molecular complexity index is 97.0. The van der Waals surface area contributed by atoms with Crippen LogP contribution in [0.4, 0.5) is 0 Å². The Morgan fingerprint density at radius 2 is 2.00 bits per heavy atom. The van der Waals surface area contributed by atoms with Gasteiger partial charge in [-0.2, -0.15) is 0 Å². The van der Waals surface area contributed by atoms with Crippen molar-refractivity contribution in [3.63, 3.8) is 0 Å². The second kappa shape index (κ2) is 7.80. The minimum atomic E-state index is 0.368. The van der Waals surface area contributed by atoms with E-state index in [0.717, 1.165) is 12.8 Å². The van der Waals surface area contributed by atoms with E-state index in [-0.39, 0.29) is 0 Å². The van der Waals surface area contributed by atoms with Gasteiger partial charge >= 0.3 is 0 Å². The molecular weight excluding hydrogens is 134 g/mol. The van der Waals surface area contributed by atoms with Gasteiger partial charge in [-0.15, -0.1) is 0 Å². The van der Waals surface area contributed by atoms with Crippen molar-refractivity contribution < 1.29 is 0 Å². The van der Waals surface area contributed by atoms with Crippen LogP contribution in [-0.2, 0) is 0 Å². The number of nitrogens with two attached hydrogens (primary N) is 1. The maximum absolute atomic E-state index is 5.74. The van der Waals surface area contributed by atoms with Gasteiger partial charge in [-0.3, -0.25) is 0 Å². The molecule has 1 unspecified atom stereocenters. The summed E-state index contributed by atoms with van der Waals surface area (Å²) in [5.74, 6) is 0. The van der Waals surface area contributed by atoms with Crippen molar-refractivity contribution in [2.24, 2.45) is 5.73 Å². The Kier molecular flexibility index (Phi) is 7.59. The Morgan fingerprint density at radius 3 is 2.55 bits per heavy atom. The van der Waals surface area contributed by atoms with Crippen molar-refractivity contribution in [3.8, 4) is 0 Å². The molecule has 0 fully saturated rings. The van der Waals surface area contributed by atoms with Gasteiger partial charge in [-0.05, 0) is 19.3 Å². The van der Waals surface area contributed by atoms with Gasteiger partial charge in [-0.25, -0.2) is 0 Å². The molecule has 1 nitrogen and oxygen atoms in total. The van der Waals surface area contributed by atoms with Gasteiger partial charge in [0, 0.05) is 6.04 Å². The van der Waals surface area contributed by atoms with Gasteiger partial charge in [0.2, 0.25) is 0 Å². The lowest BCUT2D eigenvalue weighted by Gasteiger charge is -2.02. The van der Waals surface area contributed by atoms with Crippen molar-refractivity contribution >= 4 is 0 Å². The van der Waals surface area contributed by atoms with Crippen LogP contribution in [0.15, 0.2) is 12.2 Å². The molecule has 0 aliphatic heterocycles. The highest BCUT2D eigenvalue weighted by Crippen LogP contribution is 1.99. The first-order valence-corrected chi connectivity index (χ1v) is 4.71. The lowest BCUT2D eigenvalue weighted by atomic mass is 10.1. The number of hydrogen-bond acceptors (Lipinski definition) is 1. The minimum absolute atomic E-state index is 0.368. The average molecular weight is 155 g/mol. The van der Waals surface area contributed by atoms with Crippen LogP contribution in [0.2, 0.25) is 0 Å². The summed E-state index contributed by atoms with van der Waals surface area (Å²) in [6.45, 7) is 4.34. The third-order valence-electron chi connectivity index (χ3n) is 1.85. The molecule has 66 valence electrons. The molecule has 0 spiro atoms. The van der Waals surface area contributed by atoms with Crippen LogP contribution in [0.3, 0.4) is 0 Å². The van der Waals surface area contributed by atoms with Crippen molar-refractivity contribution in [1.29, 1.82) is 0 Å². The first-order valence-electron chi connectivity index (χ1n) is 4.71. The quantitative estimate of drug-likeness (QED) is 0.463. The topological polar surface area (TPSA) is 26.0 Å². The summed E-state index contributed by atoms with van der Waals surface area (Å²) in [6, 6.07) is 0.368. The third kappa shape index (κ3) is 7.60. The molecule has 1 atom stereocenters. The first kappa shape index (κ1) is 10.7. The van der Waals surface area contributed by atoms with E-state index in [2.05, 4.69) is 26.0 Å². The van der Waals surface area contributed by atoms with E-state index in [9.17, 15) is 0 Å². The zero-order valence-corrected chi connectivity index (χ0v) is 7.84. The number of hydrogen-bond donors (Lipinski definition) is 1. The SMILES string of the molecule is CCCC/C=C/CC(N)CC. The molecule has 0 bridgehead atoms. The summed E-state index contributed by atoms with van der Waals surface area (Å²) < 4.78 is 0. The van der Waals surface area contributed by atoms with E-state index in [0.29, 0.717) is 6.04 Å². The van der Waals surface area contributed by atoms with Gasteiger partial charge < -0.3 is 5.73 Å². The molecule has 1 heteroatoms. The predicted octanol–water partition coefficient (Wildman–Crippen LogP) is 2.86. The van der Waals surface area contributed by atoms with Crippen LogP contribution in [0.1, 0.15) is 46.0 Å². The van der Waals surface area contributed by atoms with Crippen molar-refractivity contribution in [1.82, 2.24) is 0 Å². The van der Waals surface area contributed by atoms with Crippen LogP contribution >= 0.6 is 0 Å². The molecule has 0 saturated heterocycles. The Labute approximate surface area is 70.7 Å². The lowest BCUT2D eigenvalue weighted by Crippen LogP contribution is -2.16. The Balaban J connectivity index is 3.15. The van der Waals surface area contributed by atoms with E-state index in [1.807, 2.05) is 0 Å². The zero-order valence-electron chi connectivity index (χ0n) is 7.84. The van der Waals surface area contributed by atoms with Crippen LogP contribution < -0.4 is 5.73 Å². The average Bonchev–Trinajstić information content (AvgIpc) is 2.04. The molecule has 0 aliphatic rings. The highest BCUT2D eigenvalue weighted by Gasteiger charge is 1.92. The molecule has 0 aromatic rings. The first-order chi connectivity index (χ1) is 5.31. The van der Waals surface area contributed by atoms with Gasteiger partial charge in [0.05, 0.1) is 0 Å². The molecule has 0 amide bonds. The van der Waals surface area contributed by atoms with E-state index >= 15 is 0 Å². The highest BCUT2D eigenvalue weighted by atomic mass is 14.6. The second-order valence-electron chi connectivity index (χ2n) is 3.02. The largest absolute Gasteiger partial charge is 0.327 e. The molecular formula is C10H21N. The van der Waals surface area contributed by atoms with Gasteiger partial charge in [0.1, 0.15) is 0 Å². The van der Waals surface area contributed by atoms with Crippen molar-refractivity contribution in [2.45, 2.75) is 52.0 Å². The molecule has 11 heavy (non-hydrogen) atoms. The maximum Gasteiger partial charge on any atom is 0.00707 e. The van der Waals surface area contributed by atoms with Crippen LogP contribution in [0, 0.1) is 0 Å². The van der Waals surface area contributed by atoms with E-state index in [1.165, 1.54) is 19.3 Å². The monoisotopic (exact) mass is 155 g/mol. The summed E-state index contributed by atoms with van der Waals surface area (Å²) >= 11 is 0. The molecule has 0 aliphatic carbocycles. The van der Waals surface area contributed by atoms with Crippen molar-refractivity contribution in [2.75, 3.05) is 0 Å². The highest BCUT2D eigenvalue weighted by molar-refractivity contribution is 4.84. The van der Waals surface area contributed by atoms with Gasteiger partial charge in [0.25, 0.3) is 0 Å². The van der Waals surface area contributed by atoms with Crippen LogP contribution in [-0.4, -0.2) is 6.04 Å². The predicted molar refractivity (Wildman–Crippen MR) is 51.5 cm³/mol. The molecule has 0 aromatic heterocycles. The van der Waals surface area contributed by atoms with E-state index in [4.69, 9.17) is 5.73 Å². The fraction of sp³-hybridized carbons (Fsp3) is 0.800. The zero-order chi connectivity index (χ0) is 8.53. The number of allylic oxidation sites excluding steroid dienone is 1. The summed E-state index contributed by atoms with van der Waals surface area (Å²) in [4.78, 5) is 0. The summed E-state index contributed by atoms with van der Waals surface area (Å²) in [6.07, 6.45) is 10.4. The molecule has 0 aromatic carbocycles. The summed E-state index contributed by atoms with van der Waals surface area (Å²) in [7, 11) is 0. The van der Waals surface area contributed by atoms with E-state index < -0.39 is 0 Å². The molecule has 0 saturated carbocycles. The smallest absolute Gasteiger partial charge is 0.00707 e. The summed E-state index contributed by atoms with van der Waals surface area (Å²) in [5.41, 5.74) is 5.74. The fourth-order valence-corrected chi connectivity index (χ4v) is 0.878. The number of unbranched alkanes of at least 4 members (excludes halogenated alkanes) is 2. The third-order valence-corrected chi connectivity index (χ3v) is 1.85. The van der Waals surface area contributed by atoms with Crippen LogP contribution in [0.25, 0.3) is 0 Å². The Hall–Kier alpha value is -0.300. The van der Waals surface area contributed by atoms with Gasteiger partial charge in [-0.1, -0.05) is 38.8 Å². The van der Waals surface area contributed by atoms with Gasteiger partial charge in [0.15, 0.2) is 0 Å². The molecule has 0 rings (SSSR count). The number of rotatable bonds is 6. The molecule has 0 radical (unpaired) electrons. The Morgan fingerprint density at radius 1 is 1.27 bits per heavy atom. The van der Waals surface area contributed by atoms with E-state index in [1.54, 1.807) is 0 Å². The standard InChI is InChI=1S/C10H21N/c1-3-5-6-7-8-9-10(11)4-2/h7-8,10H,3-6,9,11H2,1-2H3/b8-7+. The lowest BCUT2D eigenvalue weighted by molar-refractivity contribution is 0.657. The molecule has 0 heterocycles. The normalized spacial score (nSPS) is 14.1. The van der Waals surface area contributed by atoms with Crippen LogP contribution in [0.5, 0.6) is 0 Å². The second-order valence-corrected chi connectivity index (χ2v) is 3.02. The molecule has 2 N–H and O–H groups in total. The minimum Gasteiger partial charge on any atom is -0.327 e. The fourth-order valence-electron chi connectivity index (χ4n) is 0.878. The summed E-state index contributed by atoms with van der Waals surface area (Å²) in [5, 5.41) is 0.